The molecule has 2 unspecified atom stereocenters. The highest BCUT2D eigenvalue weighted by atomic mass is 15.1. The van der Waals surface area contributed by atoms with E-state index in [9.17, 15) is 0 Å². The normalized spacial score (nSPS) is 27.9. The van der Waals surface area contributed by atoms with Crippen LogP contribution < -0.4 is 10.2 Å². The van der Waals surface area contributed by atoms with E-state index in [2.05, 4.69) is 36.3 Å². The maximum atomic E-state index is 4.45. The smallest absolute Gasteiger partial charge is 0.128 e. The molecule has 3 heteroatoms. The Hall–Kier alpha value is -1.25. The van der Waals surface area contributed by atoms with Crippen molar-refractivity contribution in [1.82, 2.24) is 4.98 Å². The Morgan fingerprint density at radius 1 is 1.11 bits per heavy atom. The summed E-state index contributed by atoms with van der Waals surface area (Å²) >= 11 is 0. The minimum Gasteiger partial charge on any atom is -0.381 e. The van der Waals surface area contributed by atoms with Crippen LogP contribution in [0.1, 0.15) is 33.1 Å². The number of anilines is 2. The summed E-state index contributed by atoms with van der Waals surface area (Å²) < 4.78 is 0. The molecule has 100 valence electrons. The summed E-state index contributed by atoms with van der Waals surface area (Å²) in [6.45, 7) is 4.72. The molecule has 0 saturated heterocycles. The zero-order chi connectivity index (χ0) is 13.1. The largest absolute Gasteiger partial charge is 0.381 e. The number of hydrogen-bond donors (Lipinski definition) is 1. The Morgan fingerprint density at radius 3 is 2.28 bits per heavy atom. The van der Waals surface area contributed by atoms with Gasteiger partial charge in [0, 0.05) is 20.1 Å². The summed E-state index contributed by atoms with van der Waals surface area (Å²) in [5.41, 5.74) is 1.15. The molecule has 1 aliphatic carbocycles. The molecular weight excluding hydrogens is 222 g/mol. The Labute approximate surface area is 111 Å². The van der Waals surface area contributed by atoms with Gasteiger partial charge in [-0.1, -0.05) is 13.8 Å². The fourth-order valence-corrected chi connectivity index (χ4v) is 3.04. The molecule has 1 N–H and O–H groups in total. The molecule has 0 spiro atoms. The summed E-state index contributed by atoms with van der Waals surface area (Å²) in [6.07, 6.45) is 5.87. The van der Waals surface area contributed by atoms with E-state index in [0.717, 1.165) is 23.3 Å². The van der Waals surface area contributed by atoms with E-state index >= 15 is 0 Å². The van der Waals surface area contributed by atoms with Crippen LogP contribution in [0.25, 0.3) is 0 Å². The average molecular weight is 247 g/mol. The monoisotopic (exact) mass is 247 g/mol. The molecule has 0 amide bonds. The van der Waals surface area contributed by atoms with E-state index < -0.39 is 0 Å². The molecule has 1 aliphatic rings. The van der Waals surface area contributed by atoms with Crippen LogP contribution >= 0.6 is 0 Å². The van der Waals surface area contributed by atoms with Crippen molar-refractivity contribution in [3.05, 3.63) is 18.3 Å². The predicted molar refractivity (Wildman–Crippen MR) is 78.2 cm³/mol. The van der Waals surface area contributed by atoms with E-state index in [1.165, 1.54) is 19.3 Å². The molecule has 1 aromatic rings. The second kappa shape index (κ2) is 5.59. The molecule has 0 bridgehead atoms. The van der Waals surface area contributed by atoms with Crippen LogP contribution in [-0.4, -0.2) is 25.1 Å². The molecular formula is C15H25N3. The summed E-state index contributed by atoms with van der Waals surface area (Å²) in [4.78, 5) is 6.47. The van der Waals surface area contributed by atoms with Gasteiger partial charge < -0.3 is 10.2 Å². The van der Waals surface area contributed by atoms with Gasteiger partial charge in [0.05, 0.1) is 11.9 Å². The van der Waals surface area contributed by atoms with Crippen molar-refractivity contribution in [2.45, 2.75) is 39.2 Å². The summed E-state index contributed by atoms with van der Waals surface area (Å²) in [5.74, 6) is 2.67. The fourth-order valence-electron chi connectivity index (χ4n) is 3.04. The quantitative estimate of drug-likeness (QED) is 0.887. The standard InChI is InChI=1S/C15H25N3/c1-11-7-12(2)9-14(8-11)17-13-5-6-15(16-10-13)18(3)4/h5-6,10-12,14,17H,7-9H2,1-4H3. The highest BCUT2D eigenvalue weighted by Gasteiger charge is 2.23. The minimum absolute atomic E-state index is 0.607. The van der Waals surface area contributed by atoms with E-state index in [1.54, 1.807) is 0 Å². The van der Waals surface area contributed by atoms with Crippen LogP contribution in [0.2, 0.25) is 0 Å². The molecule has 1 heterocycles. The van der Waals surface area contributed by atoms with E-state index in [1.807, 2.05) is 25.2 Å². The summed E-state index contributed by atoms with van der Waals surface area (Å²) in [7, 11) is 4.03. The third kappa shape index (κ3) is 3.37. The van der Waals surface area contributed by atoms with Crippen LogP contribution in [0.15, 0.2) is 18.3 Å². The maximum Gasteiger partial charge on any atom is 0.128 e. The van der Waals surface area contributed by atoms with Gasteiger partial charge >= 0.3 is 0 Å². The molecule has 1 fully saturated rings. The molecule has 18 heavy (non-hydrogen) atoms. The first-order valence-corrected chi connectivity index (χ1v) is 6.94. The molecule has 1 saturated carbocycles. The average Bonchev–Trinajstić information content (AvgIpc) is 2.28. The van der Waals surface area contributed by atoms with E-state index in [-0.39, 0.29) is 0 Å². The van der Waals surface area contributed by atoms with Crippen molar-refractivity contribution < 1.29 is 0 Å². The van der Waals surface area contributed by atoms with Crippen LogP contribution in [0.5, 0.6) is 0 Å². The Bertz CT molecular complexity index is 362. The first-order valence-electron chi connectivity index (χ1n) is 6.94. The van der Waals surface area contributed by atoms with Crippen molar-refractivity contribution in [2.75, 3.05) is 24.3 Å². The van der Waals surface area contributed by atoms with Gasteiger partial charge in [-0.3, -0.25) is 0 Å². The van der Waals surface area contributed by atoms with Gasteiger partial charge in [-0.2, -0.15) is 0 Å². The van der Waals surface area contributed by atoms with Gasteiger partial charge in [0.15, 0.2) is 0 Å². The van der Waals surface area contributed by atoms with Crippen molar-refractivity contribution in [1.29, 1.82) is 0 Å². The van der Waals surface area contributed by atoms with Gasteiger partial charge in [-0.15, -0.1) is 0 Å². The zero-order valence-corrected chi connectivity index (χ0v) is 12.0. The minimum atomic E-state index is 0.607. The van der Waals surface area contributed by atoms with Crippen molar-refractivity contribution in [3.63, 3.8) is 0 Å². The van der Waals surface area contributed by atoms with Crippen molar-refractivity contribution >= 4 is 11.5 Å². The third-order valence-corrected chi connectivity index (χ3v) is 3.76. The van der Waals surface area contributed by atoms with Crippen LogP contribution in [0, 0.1) is 11.8 Å². The molecule has 2 rings (SSSR count). The molecule has 0 radical (unpaired) electrons. The maximum absolute atomic E-state index is 4.45. The lowest BCUT2D eigenvalue weighted by Crippen LogP contribution is -2.30. The fraction of sp³-hybridized carbons (Fsp3) is 0.667. The number of pyridine rings is 1. The molecule has 2 atom stereocenters. The number of hydrogen-bond acceptors (Lipinski definition) is 3. The topological polar surface area (TPSA) is 28.2 Å². The molecule has 1 aromatic heterocycles. The highest BCUT2D eigenvalue weighted by Crippen LogP contribution is 2.30. The summed E-state index contributed by atoms with van der Waals surface area (Å²) in [6, 6.07) is 4.81. The molecule has 0 aliphatic heterocycles. The Morgan fingerprint density at radius 2 is 1.78 bits per heavy atom. The third-order valence-electron chi connectivity index (χ3n) is 3.76. The first-order chi connectivity index (χ1) is 8.54. The van der Waals surface area contributed by atoms with Crippen molar-refractivity contribution in [3.8, 4) is 0 Å². The number of aromatic nitrogens is 1. The van der Waals surface area contributed by atoms with Crippen molar-refractivity contribution in [2.24, 2.45) is 11.8 Å². The van der Waals surface area contributed by atoms with Crippen LogP contribution in [0.4, 0.5) is 11.5 Å². The molecule has 3 nitrogen and oxygen atoms in total. The van der Waals surface area contributed by atoms with E-state index in [0.29, 0.717) is 6.04 Å². The van der Waals surface area contributed by atoms with Gasteiger partial charge in [-0.25, -0.2) is 4.98 Å². The molecule has 0 aromatic carbocycles. The van der Waals surface area contributed by atoms with E-state index in [4.69, 9.17) is 0 Å². The lowest BCUT2D eigenvalue weighted by molar-refractivity contribution is 0.281. The number of rotatable bonds is 3. The predicted octanol–water partition coefficient (Wildman–Crippen LogP) is 3.38. The SMILES string of the molecule is CC1CC(C)CC(Nc2ccc(N(C)C)nc2)C1. The van der Waals surface area contributed by atoms with Gasteiger partial charge in [0.2, 0.25) is 0 Å². The van der Waals surface area contributed by atoms with Crippen LogP contribution in [-0.2, 0) is 0 Å². The Kier molecular flexibility index (Phi) is 4.10. The van der Waals surface area contributed by atoms with Gasteiger partial charge in [0.1, 0.15) is 5.82 Å². The zero-order valence-electron chi connectivity index (χ0n) is 12.0. The second-order valence-electron chi connectivity index (χ2n) is 6.06. The van der Waals surface area contributed by atoms with Crippen LogP contribution in [0.3, 0.4) is 0 Å². The highest BCUT2D eigenvalue weighted by molar-refractivity contribution is 5.48. The Balaban J connectivity index is 1.96. The lowest BCUT2D eigenvalue weighted by atomic mass is 9.80. The first kappa shape index (κ1) is 13.2. The summed E-state index contributed by atoms with van der Waals surface area (Å²) in [5, 5.41) is 3.63. The lowest BCUT2D eigenvalue weighted by Gasteiger charge is -2.32. The van der Waals surface area contributed by atoms with Gasteiger partial charge in [-0.05, 0) is 43.2 Å². The van der Waals surface area contributed by atoms with Gasteiger partial charge in [0.25, 0.3) is 0 Å². The second-order valence-corrected chi connectivity index (χ2v) is 6.06. The number of nitrogens with one attached hydrogen (secondary N) is 1. The number of nitrogens with zero attached hydrogens (tertiary/aromatic N) is 2.